The minimum absolute atomic E-state index is 0.250. The van der Waals surface area contributed by atoms with E-state index in [9.17, 15) is 18.0 Å². The topological polar surface area (TPSA) is 44.8 Å². The van der Waals surface area contributed by atoms with Crippen LogP contribution in [0, 0.1) is 0 Å². The van der Waals surface area contributed by atoms with Crippen LogP contribution in [0.4, 0.5) is 24.5 Å². The molecule has 1 N–H and O–H groups in total. The number of carbonyl (C=O) groups excluding carboxylic acids is 1. The molecule has 5 nitrogen and oxygen atoms in total. The Morgan fingerprint density at radius 3 is 2.34 bits per heavy atom. The van der Waals surface area contributed by atoms with Crippen LogP contribution in [0.25, 0.3) is 0 Å². The molecule has 0 radical (unpaired) electrons. The van der Waals surface area contributed by atoms with Crippen molar-refractivity contribution >= 4 is 17.3 Å². The number of unbranched alkanes of at least 4 members (excludes halogenated alkanes) is 2. The van der Waals surface area contributed by atoms with Gasteiger partial charge in [0.15, 0.2) is 0 Å². The lowest BCUT2D eigenvalue weighted by Crippen LogP contribution is -2.44. The van der Waals surface area contributed by atoms with Gasteiger partial charge >= 0.3 is 6.18 Å². The third-order valence-corrected chi connectivity index (χ3v) is 5.56. The molecule has 0 bridgehead atoms. The Kier molecular flexibility index (Phi) is 8.01. The number of amides is 1. The van der Waals surface area contributed by atoms with E-state index in [1.807, 2.05) is 11.9 Å². The number of ether oxygens (including phenoxy) is 1. The minimum Gasteiger partial charge on any atom is -0.494 e. The van der Waals surface area contributed by atoms with E-state index in [4.69, 9.17) is 4.74 Å². The zero-order valence-corrected chi connectivity index (χ0v) is 18.5. The van der Waals surface area contributed by atoms with Crippen LogP contribution in [0.15, 0.2) is 42.5 Å². The molecule has 2 aromatic carbocycles. The zero-order valence-electron chi connectivity index (χ0n) is 18.5. The number of halogens is 3. The Bertz CT molecular complexity index is 892. The number of benzene rings is 2. The first-order valence-corrected chi connectivity index (χ1v) is 11.0. The van der Waals surface area contributed by atoms with E-state index in [-0.39, 0.29) is 11.3 Å². The fourth-order valence-electron chi connectivity index (χ4n) is 3.58. The molecule has 8 heteroatoms. The van der Waals surface area contributed by atoms with Gasteiger partial charge in [0.1, 0.15) is 5.75 Å². The van der Waals surface area contributed by atoms with Crippen molar-refractivity contribution in [3.05, 3.63) is 53.6 Å². The first kappa shape index (κ1) is 23.9. The van der Waals surface area contributed by atoms with Crippen LogP contribution in [0.2, 0.25) is 0 Å². The highest BCUT2D eigenvalue weighted by molar-refractivity contribution is 6.04. The summed E-state index contributed by atoms with van der Waals surface area (Å²) in [6, 6.07) is 10.5. The van der Waals surface area contributed by atoms with Crippen molar-refractivity contribution in [3.8, 4) is 5.75 Å². The summed E-state index contributed by atoms with van der Waals surface area (Å²) < 4.78 is 46.8. The van der Waals surface area contributed by atoms with Gasteiger partial charge in [0.05, 0.1) is 17.9 Å². The van der Waals surface area contributed by atoms with Gasteiger partial charge in [-0.2, -0.15) is 13.2 Å². The summed E-state index contributed by atoms with van der Waals surface area (Å²) in [7, 11) is 1.99. The number of nitrogens with zero attached hydrogens (tertiary/aromatic N) is 2. The summed E-state index contributed by atoms with van der Waals surface area (Å²) in [6.45, 7) is 5.60. The third kappa shape index (κ3) is 6.38. The van der Waals surface area contributed by atoms with Crippen LogP contribution in [-0.4, -0.2) is 50.6 Å². The lowest BCUT2D eigenvalue weighted by atomic mass is 10.1. The predicted octanol–water partition coefficient (Wildman–Crippen LogP) is 5.28. The van der Waals surface area contributed by atoms with E-state index in [2.05, 4.69) is 17.1 Å². The zero-order chi connectivity index (χ0) is 23.1. The van der Waals surface area contributed by atoms with Gasteiger partial charge in [-0.25, -0.2) is 0 Å². The number of likely N-dealkylation sites (N-methyl/N-ethyl adjacent to an activating group) is 1. The molecule has 0 aromatic heterocycles. The Morgan fingerprint density at radius 2 is 1.72 bits per heavy atom. The van der Waals surface area contributed by atoms with Crippen LogP contribution < -0.4 is 15.0 Å². The Labute approximate surface area is 187 Å². The van der Waals surface area contributed by atoms with E-state index in [1.165, 1.54) is 6.07 Å². The quantitative estimate of drug-likeness (QED) is 0.557. The molecule has 1 aliphatic heterocycles. The normalized spacial score (nSPS) is 15.0. The molecule has 0 spiro atoms. The van der Waals surface area contributed by atoms with Crippen LogP contribution in [0.5, 0.6) is 5.75 Å². The molecule has 1 saturated heterocycles. The van der Waals surface area contributed by atoms with Crippen molar-refractivity contribution in [2.75, 3.05) is 50.1 Å². The number of alkyl halides is 3. The third-order valence-electron chi connectivity index (χ3n) is 5.56. The second-order valence-corrected chi connectivity index (χ2v) is 8.05. The fourth-order valence-corrected chi connectivity index (χ4v) is 3.58. The van der Waals surface area contributed by atoms with Crippen molar-refractivity contribution in [1.29, 1.82) is 0 Å². The highest BCUT2D eigenvalue weighted by Gasteiger charge is 2.35. The maximum Gasteiger partial charge on any atom is 0.418 e. The number of rotatable bonds is 8. The molecule has 1 aliphatic rings. The number of hydrogen-bond donors (Lipinski definition) is 1. The summed E-state index contributed by atoms with van der Waals surface area (Å²) in [6.07, 6.45) is -1.46. The predicted molar refractivity (Wildman–Crippen MR) is 121 cm³/mol. The number of anilines is 2. The van der Waals surface area contributed by atoms with Crippen molar-refractivity contribution in [1.82, 2.24) is 4.90 Å². The van der Waals surface area contributed by atoms with Crippen molar-refractivity contribution < 1.29 is 22.7 Å². The average Bonchev–Trinajstić information content (AvgIpc) is 2.77. The molecule has 3 rings (SSSR count). The molecule has 0 aliphatic carbocycles. The van der Waals surface area contributed by atoms with Crippen LogP contribution >= 0.6 is 0 Å². The van der Waals surface area contributed by atoms with Gasteiger partial charge in [-0.1, -0.05) is 19.8 Å². The Hall–Kier alpha value is -2.74. The van der Waals surface area contributed by atoms with Crippen molar-refractivity contribution in [2.24, 2.45) is 0 Å². The SMILES string of the molecule is CCCCCOc1ccc(C(=O)Nc2ccc(N3CCN(C)CC3)cc2C(F)(F)F)cc1. The van der Waals surface area contributed by atoms with Gasteiger partial charge in [-0.05, 0) is 55.9 Å². The summed E-state index contributed by atoms with van der Waals surface area (Å²) in [4.78, 5) is 16.7. The van der Waals surface area contributed by atoms with Crippen LogP contribution in [0.3, 0.4) is 0 Å². The first-order valence-electron chi connectivity index (χ1n) is 11.0. The first-order chi connectivity index (χ1) is 15.3. The molecule has 2 aromatic rings. The van der Waals surface area contributed by atoms with E-state index in [0.717, 1.165) is 38.4 Å². The summed E-state index contributed by atoms with van der Waals surface area (Å²) in [5.74, 6) is 0.0329. The summed E-state index contributed by atoms with van der Waals surface area (Å²) >= 11 is 0. The van der Waals surface area contributed by atoms with Gasteiger partial charge in [0.25, 0.3) is 5.91 Å². The lowest BCUT2D eigenvalue weighted by molar-refractivity contribution is -0.136. The maximum absolute atomic E-state index is 13.7. The highest BCUT2D eigenvalue weighted by atomic mass is 19.4. The molecule has 1 heterocycles. The lowest BCUT2D eigenvalue weighted by Gasteiger charge is -2.34. The van der Waals surface area contributed by atoms with Crippen molar-refractivity contribution in [3.63, 3.8) is 0 Å². The number of piperazine rings is 1. The molecule has 174 valence electrons. The smallest absolute Gasteiger partial charge is 0.418 e. The second kappa shape index (κ2) is 10.7. The molecular formula is C24H30F3N3O2. The average molecular weight is 450 g/mol. The standard InChI is InChI=1S/C24H30F3N3O2/c1-3-4-5-16-32-20-9-6-18(7-10-20)23(31)28-22-11-8-19(17-21(22)24(25,26)27)30-14-12-29(2)13-15-30/h6-11,17H,3-5,12-16H2,1-2H3,(H,28,31). The minimum atomic E-state index is -4.58. The van der Waals surface area contributed by atoms with Gasteiger partial charge in [-0.15, -0.1) is 0 Å². The van der Waals surface area contributed by atoms with Crippen LogP contribution in [-0.2, 0) is 6.18 Å². The monoisotopic (exact) mass is 449 g/mol. The van der Waals surface area contributed by atoms with Gasteiger partial charge < -0.3 is 19.9 Å². The van der Waals surface area contributed by atoms with E-state index in [0.29, 0.717) is 31.1 Å². The maximum atomic E-state index is 13.7. The van der Waals surface area contributed by atoms with Gasteiger partial charge in [0.2, 0.25) is 0 Å². The second-order valence-electron chi connectivity index (χ2n) is 8.05. The molecule has 0 unspecified atom stereocenters. The summed E-state index contributed by atoms with van der Waals surface area (Å²) in [5, 5.41) is 2.42. The molecule has 1 amide bonds. The number of nitrogens with one attached hydrogen (secondary N) is 1. The molecule has 0 atom stereocenters. The molecule has 1 fully saturated rings. The van der Waals surface area contributed by atoms with E-state index in [1.54, 1.807) is 30.3 Å². The fraction of sp³-hybridized carbons (Fsp3) is 0.458. The molecule has 32 heavy (non-hydrogen) atoms. The van der Waals surface area contributed by atoms with Gasteiger partial charge in [-0.3, -0.25) is 4.79 Å². The van der Waals surface area contributed by atoms with E-state index < -0.39 is 17.6 Å². The highest BCUT2D eigenvalue weighted by Crippen LogP contribution is 2.37. The summed E-state index contributed by atoms with van der Waals surface area (Å²) in [5.41, 5.74) is -0.325. The molecule has 0 saturated carbocycles. The number of carbonyl (C=O) groups is 1. The van der Waals surface area contributed by atoms with Crippen LogP contribution in [0.1, 0.15) is 42.1 Å². The Balaban J connectivity index is 1.71. The van der Waals surface area contributed by atoms with Crippen molar-refractivity contribution in [2.45, 2.75) is 32.4 Å². The van der Waals surface area contributed by atoms with Gasteiger partial charge in [0, 0.05) is 37.4 Å². The largest absolute Gasteiger partial charge is 0.494 e. The van der Waals surface area contributed by atoms with E-state index >= 15 is 0 Å². The number of hydrogen-bond acceptors (Lipinski definition) is 4. The Morgan fingerprint density at radius 1 is 1.03 bits per heavy atom. The molecular weight excluding hydrogens is 419 g/mol.